The first-order valence-electron chi connectivity index (χ1n) is 4.35. The van der Waals surface area contributed by atoms with Gasteiger partial charge >= 0.3 is 0 Å². The fourth-order valence-electron chi connectivity index (χ4n) is 1.00. The number of rotatable bonds is 3. The van der Waals surface area contributed by atoms with Crippen LogP contribution in [0.2, 0.25) is 0 Å². The van der Waals surface area contributed by atoms with Gasteiger partial charge in [0.05, 0.1) is 4.47 Å². The second-order valence-electron chi connectivity index (χ2n) is 2.86. The van der Waals surface area contributed by atoms with E-state index < -0.39 is 0 Å². The molecule has 0 radical (unpaired) electrons. The first-order chi connectivity index (χ1) is 6.24. The van der Waals surface area contributed by atoms with Gasteiger partial charge in [-0.3, -0.25) is 0 Å². The Morgan fingerprint density at radius 3 is 2.85 bits per heavy atom. The minimum Gasteiger partial charge on any atom is -0.206 e. The van der Waals surface area contributed by atoms with E-state index >= 15 is 0 Å². The molecule has 0 nitrogen and oxygen atoms in total. The van der Waals surface area contributed by atoms with Gasteiger partial charge in [0, 0.05) is 0 Å². The quantitative estimate of drug-likeness (QED) is 0.737. The van der Waals surface area contributed by atoms with Crippen LogP contribution in [-0.2, 0) is 0 Å². The molecule has 2 heteroatoms. The Kier molecular flexibility index (Phi) is 4.16. The molecule has 13 heavy (non-hydrogen) atoms. The largest absolute Gasteiger partial charge is 0.206 e. The number of halogens is 2. The molecule has 0 heterocycles. The minimum absolute atomic E-state index is 0.210. The van der Waals surface area contributed by atoms with Crippen LogP contribution in [0.15, 0.2) is 28.7 Å². The molecule has 0 bridgehead atoms. The summed E-state index contributed by atoms with van der Waals surface area (Å²) in [4.78, 5) is 0. The third-order valence-electron chi connectivity index (χ3n) is 1.71. The Bertz CT molecular complexity index is 305. The number of benzene rings is 1. The number of allylic oxidation sites excluding steroid dienone is 1. The maximum Gasteiger partial charge on any atom is 0.137 e. The van der Waals surface area contributed by atoms with Crippen LogP contribution in [0, 0.1) is 5.82 Å². The molecule has 0 atom stereocenters. The second kappa shape index (κ2) is 5.18. The van der Waals surface area contributed by atoms with Crippen LogP contribution in [0.1, 0.15) is 25.3 Å². The van der Waals surface area contributed by atoms with Crippen molar-refractivity contribution in [3.63, 3.8) is 0 Å². The third kappa shape index (κ3) is 3.31. The van der Waals surface area contributed by atoms with Crippen LogP contribution >= 0.6 is 15.9 Å². The van der Waals surface area contributed by atoms with Crippen molar-refractivity contribution in [2.24, 2.45) is 0 Å². The van der Waals surface area contributed by atoms with Crippen molar-refractivity contribution in [1.82, 2.24) is 0 Å². The Morgan fingerprint density at radius 1 is 1.46 bits per heavy atom. The summed E-state index contributed by atoms with van der Waals surface area (Å²) in [5.74, 6) is -0.210. The summed E-state index contributed by atoms with van der Waals surface area (Å²) < 4.78 is 13.5. The molecule has 0 aliphatic heterocycles. The van der Waals surface area contributed by atoms with Gasteiger partial charge in [-0.1, -0.05) is 31.6 Å². The van der Waals surface area contributed by atoms with Gasteiger partial charge in [-0.25, -0.2) is 4.39 Å². The predicted octanol–water partition coefficient (Wildman–Crippen LogP) is 4.40. The summed E-state index contributed by atoms with van der Waals surface area (Å²) >= 11 is 3.11. The van der Waals surface area contributed by atoms with Crippen LogP contribution in [0.3, 0.4) is 0 Å². The van der Waals surface area contributed by atoms with Crippen molar-refractivity contribution >= 4 is 22.0 Å². The molecular formula is C11H12BrF. The van der Waals surface area contributed by atoms with Crippen LogP contribution in [0.25, 0.3) is 6.08 Å². The molecule has 0 saturated heterocycles. The monoisotopic (exact) mass is 242 g/mol. The SMILES string of the molecule is CCC/C=C/c1ccc(Br)c(F)c1. The second-order valence-corrected chi connectivity index (χ2v) is 3.72. The maximum atomic E-state index is 13.0. The van der Waals surface area contributed by atoms with Crippen LogP contribution < -0.4 is 0 Å². The molecule has 0 unspecified atom stereocenters. The summed E-state index contributed by atoms with van der Waals surface area (Å²) in [6, 6.07) is 5.14. The van der Waals surface area contributed by atoms with E-state index in [0.717, 1.165) is 18.4 Å². The third-order valence-corrected chi connectivity index (χ3v) is 2.35. The summed E-state index contributed by atoms with van der Waals surface area (Å²) in [7, 11) is 0. The highest BCUT2D eigenvalue weighted by Gasteiger charge is 1.97. The molecule has 0 spiro atoms. The predicted molar refractivity (Wildman–Crippen MR) is 58.0 cm³/mol. The van der Waals surface area contributed by atoms with Crippen LogP contribution in [0.4, 0.5) is 4.39 Å². The number of hydrogen-bond donors (Lipinski definition) is 0. The highest BCUT2D eigenvalue weighted by molar-refractivity contribution is 9.10. The lowest BCUT2D eigenvalue weighted by molar-refractivity contribution is 0.621. The van der Waals surface area contributed by atoms with Crippen LogP contribution in [0.5, 0.6) is 0 Å². The summed E-state index contributed by atoms with van der Waals surface area (Å²) in [6.45, 7) is 2.12. The number of hydrogen-bond acceptors (Lipinski definition) is 0. The summed E-state index contributed by atoms with van der Waals surface area (Å²) in [6.07, 6.45) is 6.16. The average molecular weight is 243 g/mol. The van der Waals surface area contributed by atoms with Crippen molar-refractivity contribution in [1.29, 1.82) is 0 Å². The molecule has 0 amide bonds. The fourth-order valence-corrected chi connectivity index (χ4v) is 1.25. The zero-order chi connectivity index (χ0) is 9.68. The minimum atomic E-state index is -0.210. The average Bonchev–Trinajstić information content (AvgIpc) is 2.12. The van der Waals surface area contributed by atoms with E-state index in [1.165, 1.54) is 6.07 Å². The Labute approximate surface area is 86.6 Å². The Hall–Kier alpha value is -0.630. The molecule has 70 valence electrons. The fraction of sp³-hybridized carbons (Fsp3) is 0.273. The molecule has 0 aliphatic rings. The van der Waals surface area contributed by atoms with E-state index in [1.807, 2.05) is 12.1 Å². The lowest BCUT2D eigenvalue weighted by atomic mass is 10.2. The highest BCUT2D eigenvalue weighted by atomic mass is 79.9. The van der Waals surface area contributed by atoms with Gasteiger partial charge in [0.1, 0.15) is 5.82 Å². The van der Waals surface area contributed by atoms with Gasteiger partial charge < -0.3 is 0 Å². The van der Waals surface area contributed by atoms with Crippen molar-refractivity contribution in [2.45, 2.75) is 19.8 Å². The lowest BCUT2D eigenvalue weighted by Crippen LogP contribution is -1.78. The summed E-state index contributed by atoms with van der Waals surface area (Å²) in [5.41, 5.74) is 0.911. The zero-order valence-electron chi connectivity index (χ0n) is 7.56. The van der Waals surface area contributed by atoms with Crippen molar-refractivity contribution in [2.75, 3.05) is 0 Å². The zero-order valence-corrected chi connectivity index (χ0v) is 9.14. The smallest absolute Gasteiger partial charge is 0.137 e. The van der Waals surface area contributed by atoms with E-state index in [4.69, 9.17) is 0 Å². The van der Waals surface area contributed by atoms with Gasteiger partial charge in [0.25, 0.3) is 0 Å². The maximum absolute atomic E-state index is 13.0. The molecule has 0 aliphatic carbocycles. The van der Waals surface area contributed by atoms with Crippen LogP contribution in [-0.4, -0.2) is 0 Å². The molecule has 0 fully saturated rings. The first-order valence-corrected chi connectivity index (χ1v) is 5.15. The highest BCUT2D eigenvalue weighted by Crippen LogP contribution is 2.17. The standard InChI is InChI=1S/C11H12BrF/c1-2-3-4-5-9-6-7-10(12)11(13)8-9/h4-8H,2-3H2,1H3/b5-4+. The van der Waals surface area contributed by atoms with E-state index in [2.05, 4.69) is 28.9 Å². The lowest BCUT2D eigenvalue weighted by Gasteiger charge is -1.96. The normalized spacial score (nSPS) is 11.0. The topological polar surface area (TPSA) is 0 Å². The van der Waals surface area contributed by atoms with E-state index in [1.54, 1.807) is 6.07 Å². The molecular weight excluding hydrogens is 231 g/mol. The van der Waals surface area contributed by atoms with Gasteiger partial charge in [-0.2, -0.15) is 0 Å². The Balaban J connectivity index is 2.73. The molecule has 0 aromatic heterocycles. The van der Waals surface area contributed by atoms with E-state index in [9.17, 15) is 4.39 Å². The molecule has 1 aromatic rings. The van der Waals surface area contributed by atoms with E-state index in [-0.39, 0.29) is 5.82 Å². The Morgan fingerprint density at radius 2 is 2.23 bits per heavy atom. The molecule has 1 rings (SSSR count). The van der Waals surface area contributed by atoms with Crippen molar-refractivity contribution in [3.8, 4) is 0 Å². The first kappa shape index (κ1) is 10.5. The molecule has 0 N–H and O–H groups in total. The van der Waals surface area contributed by atoms with Crippen molar-refractivity contribution < 1.29 is 4.39 Å². The molecule has 0 saturated carbocycles. The number of unbranched alkanes of at least 4 members (excludes halogenated alkanes) is 1. The summed E-state index contributed by atoms with van der Waals surface area (Å²) in [5, 5.41) is 0. The molecule has 1 aromatic carbocycles. The van der Waals surface area contributed by atoms with E-state index in [0.29, 0.717) is 4.47 Å². The van der Waals surface area contributed by atoms with Gasteiger partial charge in [0.15, 0.2) is 0 Å². The van der Waals surface area contributed by atoms with Gasteiger partial charge in [-0.05, 0) is 40.0 Å². The van der Waals surface area contributed by atoms with Crippen molar-refractivity contribution in [3.05, 3.63) is 40.1 Å². The van der Waals surface area contributed by atoms with Gasteiger partial charge in [-0.15, -0.1) is 0 Å². The van der Waals surface area contributed by atoms with Gasteiger partial charge in [0.2, 0.25) is 0 Å².